The van der Waals surface area contributed by atoms with Crippen LogP contribution >= 0.6 is 0 Å². The van der Waals surface area contributed by atoms with E-state index in [0.29, 0.717) is 0 Å². The molecule has 1 nitrogen and oxygen atoms in total. The average molecular weight is 125 g/mol. The van der Waals surface area contributed by atoms with Crippen LogP contribution in [0.4, 0.5) is 0 Å². The molecule has 0 amide bonds. The van der Waals surface area contributed by atoms with Gasteiger partial charge in [-0.1, -0.05) is 13.3 Å². The van der Waals surface area contributed by atoms with Gasteiger partial charge in [-0.25, -0.2) is 0 Å². The highest BCUT2D eigenvalue weighted by Gasteiger charge is 2.41. The van der Waals surface area contributed by atoms with E-state index in [2.05, 4.69) is 12.2 Å². The molecule has 2 aliphatic heterocycles. The largest absolute Gasteiger partial charge is 0.316 e. The summed E-state index contributed by atoms with van der Waals surface area (Å²) in [6, 6.07) is 0. The summed E-state index contributed by atoms with van der Waals surface area (Å²) in [5.41, 5.74) is 0. The van der Waals surface area contributed by atoms with Crippen LogP contribution in [-0.4, -0.2) is 13.1 Å². The van der Waals surface area contributed by atoms with Crippen LogP contribution in [0.1, 0.15) is 19.8 Å². The molecule has 3 aliphatic rings. The molecule has 52 valence electrons. The fraction of sp³-hybridized carbons (Fsp3) is 1.00. The fourth-order valence-corrected chi connectivity index (χ4v) is 2.52. The minimum Gasteiger partial charge on any atom is -0.316 e. The lowest BCUT2D eigenvalue weighted by Gasteiger charge is -2.49. The van der Waals surface area contributed by atoms with E-state index in [1.54, 1.807) is 0 Å². The van der Waals surface area contributed by atoms with Crippen LogP contribution in [0.3, 0.4) is 0 Å². The van der Waals surface area contributed by atoms with Crippen molar-refractivity contribution in [2.75, 3.05) is 13.1 Å². The van der Waals surface area contributed by atoms with Crippen molar-refractivity contribution in [2.45, 2.75) is 19.8 Å². The number of piperidine rings is 2. The van der Waals surface area contributed by atoms with E-state index in [1.807, 2.05) is 0 Å². The highest BCUT2D eigenvalue weighted by atomic mass is 14.9. The molecular formula is C8H15N. The lowest BCUT2D eigenvalue weighted by atomic mass is 9.61. The molecule has 0 unspecified atom stereocenters. The van der Waals surface area contributed by atoms with Crippen LogP contribution in [0.25, 0.3) is 0 Å². The number of rotatable bonds is 1. The topological polar surface area (TPSA) is 12.0 Å². The van der Waals surface area contributed by atoms with Gasteiger partial charge in [-0.15, -0.1) is 0 Å². The Kier molecular flexibility index (Phi) is 1.26. The van der Waals surface area contributed by atoms with Crippen LogP contribution < -0.4 is 5.32 Å². The highest BCUT2D eigenvalue weighted by Crippen LogP contribution is 2.44. The van der Waals surface area contributed by atoms with Gasteiger partial charge < -0.3 is 5.32 Å². The lowest BCUT2D eigenvalue weighted by molar-refractivity contribution is 0.0289. The van der Waals surface area contributed by atoms with Gasteiger partial charge >= 0.3 is 0 Å². The molecule has 0 aromatic rings. The van der Waals surface area contributed by atoms with E-state index in [1.165, 1.54) is 25.9 Å². The molecule has 0 radical (unpaired) electrons. The maximum absolute atomic E-state index is 3.45. The minimum atomic E-state index is 1.05. The first kappa shape index (κ1) is 5.72. The fourth-order valence-electron chi connectivity index (χ4n) is 2.52. The van der Waals surface area contributed by atoms with Crippen LogP contribution in [0.5, 0.6) is 0 Å². The number of fused-ring (bicyclic) bond motifs is 2. The third kappa shape index (κ3) is 0.710. The van der Waals surface area contributed by atoms with E-state index in [4.69, 9.17) is 0 Å². The molecular weight excluding hydrogens is 110 g/mol. The molecule has 1 aliphatic carbocycles. The van der Waals surface area contributed by atoms with E-state index >= 15 is 0 Å². The third-order valence-corrected chi connectivity index (χ3v) is 3.10. The molecule has 3 rings (SSSR count). The second kappa shape index (κ2) is 1.98. The predicted molar refractivity (Wildman–Crippen MR) is 38.2 cm³/mol. The zero-order valence-electron chi connectivity index (χ0n) is 6.06. The van der Waals surface area contributed by atoms with Gasteiger partial charge in [0.15, 0.2) is 0 Å². The summed E-state index contributed by atoms with van der Waals surface area (Å²) in [7, 11) is 0. The van der Waals surface area contributed by atoms with Crippen molar-refractivity contribution >= 4 is 0 Å². The van der Waals surface area contributed by atoms with Gasteiger partial charge in [0, 0.05) is 0 Å². The van der Waals surface area contributed by atoms with E-state index in [-0.39, 0.29) is 0 Å². The van der Waals surface area contributed by atoms with Gasteiger partial charge in [0.1, 0.15) is 0 Å². The maximum Gasteiger partial charge on any atom is -0.00175 e. The van der Waals surface area contributed by atoms with Gasteiger partial charge in [0.2, 0.25) is 0 Å². The van der Waals surface area contributed by atoms with Gasteiger partial charge in [-0.2, -0.15) is 0 Å². The molecule has 9 heavy (non-hydrogen) atoms. The second-order valence-electron chi connectivity index (χ2n) is 3.49. The molecule has 2 atom stereocenters. The Labute approximate surface area is 56.8 Å². The third-order valence-electron chi connectivity index (χ3n) is 3.10. The summed E-state index contributed by atoms with van der Waals surface area (Å²) < 4.78 is 0. The summed E-state index contributed by atoms with van der Waals surface area (Å²) in [4.78, 5) is 0. The van der Waals surface area contributed by atoms with E-state index in [9.17, 15) is 0 Å². The quantitative estimate of drug-likeness (QED) is 0.556. The Bertz CT molecular complexity index is 97.1. The summed E-state index contributed by atoms with van der Waals surface area (Å²) in [6.07, 6.45) is 2.93. The summed E-state index contributed by atoms with van der Waals surface area (Å²) in [6.45, 7) is 4.93. The molecule has 1 N–H and O–H groups in total. The minimum absolute atomic E-state index is 1.05. The number of nitrogens with one attached hydrogen (secondary N) is 1. The Morgan fingerprint density at radius 2 is 2.00 bits per heavy atom. The van der Waals surface area contributed by atoms with Crippen molar-refractivity contribution < 1.29 is 0 Å². The van der Waals surface area contributed by atoms with Crippen molar-refractivity contribution in [3.8, 4) is 0 Å². The zero-order valence-corrected chi connectivity index (χ0v) is 6.06. The van der Waals surface area contributed by atoms with Gasteiger partial charge in [0.05, 0.1) is 0 Å². The van der Waals surface area contributed by atoms with Crippen LogP contribution in [0, 0.1) is 17.8 Å². The smallest absolute Gasteiger partial charge is 0.00175 e. The van der Waals surface area contributed by atoms with E-state index in [0.717, 1.165) is 17.8 Å². The maximum atomic E-state index is 3.45. The predicted octanol–water partition coefficient (Wildman–Crippen LogP) is 1.25. The van der Waals surface area contributed by atoms with Crippen molar-refractivity contribution in [1.29, 1.82) is 0 Å². The molecule has 1 heteroatoms. The van der Waals surface area contributed by atoms with Crippen LogP contribution in [-0.2, 0) is 0 Å². The average Bonchev–Trinajstić information content (AvgIpc) is 1.90. The van der Waals surface area contributed by atoms with Crippen LogP contribution in [0.2, 0.25) is 0 Å². The first-order valence-corrected chi connectivity index (χ1v) is 4.12. The van der Waals surface area contributed by atoms with E-state index < -0.39 is 0 Å². The molecule has 1 saturated carbocycles. The lowest BCUT2D eigenvalue weighted by Crippen LogP contribution is -2.52. The number of hydrogen-bond acceptors (Lipinski definition) is 1. The normalized spacial score (nSPS) is 48.3. The van der Waals surface area contributed by atoms with Gasteiger partial charge in [0.25, 0.3) is 0 Å². The Hall–Kier alpha value is -0.0400. The molecule has 0 aromatic heterocycles. The van der Waals surface area contributed by atoms with Crippen LogP contribution in [0.15, 0.2) is 0 Å². The summed E-state index contributed by atoms with van der Waals surface area (Å²) in [5.74, 6) is 3.19. The summed E-state index contributed by atoms with van der Waals surface area (Å²) in [5, 5.41) is 3.45. The molecule has 2 bridgehead atoms. The summed E-state index contributed by atoms with van der Waals surface area (Å²) >= 11 is 0. The molecule has 3 fully saturated rings. The molecule has 2 heterocycles. The Morgan fingerprint density at radius 1 is 1.33 bits per heavy atom. The van der Waals surface area contributed by atoms with Crippen molar-refractivity contribution in [2.24, 2.45) is 17.8 Å². The molecule has 0 aromatic carbocycles. The highest BCUT2D eigenvalue weighted by molar-refractivity contribution is 4.94. The van der Waals surface area contributed by atoms with Gasteiger partial charge in [-0.3, -0.25) is 0 Å². The SMILES string of the molecule is CCC1[C@H]2CNC[C@H]1C2. The second-order valence-corrected chi connectivity index (χ2v) is 3.49. The van der Waals surface area contributed by atoms with Crippen molar-refractivity contribution in [3.05, 3.63) is 0 Å². The first-order valence-electron chi connectivity index (χ1n) is 4.12. The standard InChI is InChI=1S/C8H15N/c1-2-8-6-3-7(8)5-9-4-6/h6-9H,2-5H2,1H3/t6-,7-/m1/s1. The van der Waals surface area contributed by atoms with Crippen molar-refractivity contribution in [1.82, 2.24) is 5.32 Å². The Balaban J connectivity index is 1.97. The zero-order chi connectivity index (χ0) is 6.27. The monoisotopic (exact) mass is 125 g/mol. The molecule has 2 saturated heterocycles. The molecule has 0 spiro atoms. The van der Waals surface area contributed by atoms with Crippen molar-refractivity contribution in [3.63, 3.8) is 0 Å². The number of hydrogen-bond donors (Lipinski definition) is 1. The Morgan fingerprint density at radius 3 is 2.33 bits per heavy atom. The van der Waals surface area contributed by atoms with Gasteiger partial charge in [-0.05, 0) is 37.3 Å². The first-order chi connectivity index (χ1) is 4.42.